The van der Waals surface area contributed by atoms with Gasteiger partial charge in [0.2, 0.25) is 10.0 Å². The van der Waals surface area contributed by atoms with Gasteiger partial charge >= 0.3 is 6.03 Å². The lowest BCUT2D eigenvalue weighted by molar-refractivity contribution is 0.240. The number of alkyl halides is 1. The first-order chi connectivity index (χ1) is 15.9. The Labute approximate surface area is 222 Å². The van der Waals surface area contributed by atoms with E-state index >= 15 is 0 Å². The van der Waals surface area contributed by atoms with E-state index in [1.807, 2.05) is 0 Å². The van der Waals surface area contributed by atoms with E-state index in [9.17, 15) is 13.2 Å². The maximum atomic E-state index is 12.0. The van der Waals surface area contributed by atoms with Crippen LogP contribution in [0.4, 0.5) is 4.79 Å². The molecule has 0 aromatic heterocycles. The van der Waals surface area contributed by atoms with Crippen LogP contribution in [0.5, 0.6) is 0 Å². The molecule has 1 unspecified atom stereocenters. The van der Waals surface area contributed by atoms with Crippen molar-refractivity contribution >= 4 is 50.4 Å². The van der Waals surface area contributed by atoms with Crippen molar-refractivity contribution in [3.8, 4) is 0 Å². The summed E-state index contributed by atoms with van der Waals surface area (Å²) in [4.78, 5) is 11.7. The quantitative estimate of drug-likeness (QED) is 0.0678. The Kier molecular flexibility index (Phi) is 24.2. The number of nitrogens with one attached hydrogen (secondary N) is 3. The van der Waals surface area contributed by atoms with Crippen molar-refractivity contribution in [2.75, 3.05) is 35.3 Å². The van der Waals surface area contributed by atoms with Gasteiger partial charge in [-0.05, 0) is 18.6 Å². The molecule has 0 saturated heterocycles. The Bertz CT molecular complexity index is 551. The first kappa shape index (κ1) is 33.3. The van der Waals surface area contributed by atoms with E-state index in [0.717, 1.165) is 10.2 Å². The van der Waals surface area contributed by atoms with Crippen LogP contribution in [0.25, 0.3) is 0 Å². The third-order valence-corrected chi connectivity index (χ3v) is 9.03. The first-order valence-corrected chi connectivity index (χ1v) is 17.4. The fourth-order valence-electron chi connectivity index (χ4n) is 3.58. The molecule has 2 amide bonds. The Morgan fingerprint density at radius 1 is 0.848 bits per heavy atom. The van der Waals surface area contributed by atoms with Crippen LogP contribution in [0.2, 0.25) is 0 Å². The first-order valence-electron chi connectivity index (χ1n) is 13.0. The number of sulfonamides is 1. The number of unbranched alkanes of at least 4 members (excludes halogenated alkanes) is 13. The Morgan fingerprint density at radius 3 is 1.85 bits per heavy atom. The monoisotopic (exact) mass is 619 g/mol. The lowest BCUT2D eigenvalue weighted by Gasteiger charge is -2.19. The summed E-state index contributed by atoms with van der Waals surface area (Å²) in [6.07, 6.45) is 19.6. The lowest BCUT2D eigenvalue weighted by Crippen LogP contribution is -2.48. The van der Waals surface area contributed by atoms with Crippen LogP contribution in [0.1, 0.15) is 103 Å². The minimum atomic E-state index is -3.28. The SMILES string of the molecule is CCCCCCCCCCCCCCCCSCC(CNS(=O)(=O)CCCI)NC(=O)NC. The van der Waals surface area contributed by atoms with Gasteiger partial charge in [0.15, 0.2) is 0 Å². The molecular formula is C24H50IN3O3S2. The summed E-state index contributed by atoms with van der Waals surface area (Å²) in [6.45, 7) is 2.51. The number of carbonyl (C=O) groups excluding carboxylic acids is 1. The van der Waals surface area contributed by atoms with Crippen molar-refractivity contribution in [3.63, 3.8) is 0 Å². The largest absolute Gasteiger partial charge is 0.341 e. The maximum absolute atomic E-state index is 12.0. The highest BCUT2D eigenvalue weighted by Crippen LogP contribution is 2.14. The van der Waals surface area contributed by atoms with Gasteiger partial charge in [-0.2, -0.15) is 11.8 Å². The normalized spacial score (nSPS) is 12.6. The molecule has 9 heteroatoms. The number of amides is 2. The predicted octanol–water partition coefficient (Wildman–Crippen LogP) is 6.24. The van der Waals surface area contributed by atoms with E-state index in [1.54, 1.807) is 18.8 Å². The molecule has 0 aliphatic carbocycles. The van der Waals surface area contributed by atoms with Crippen molar-refractivity contribution < 1.29 is 13.2 Å². The van der Waals surface area contributed by atoms with E-state index in [4.69, 9.17) is 0 Å². The van der Waals surface area contributed by atoms with Crippen LogP contribution >= 0.6 is 34.4 Å². The third kappa shape index (κ3) is 23.8. The van der Waals surface area contributed by atoms with Crippen molar-refractivity contribution in [1.82, 2.24) is 15.4 Å². The molecule has 0 radical (unpaired) electrons. The molecule has 0 saturated carbocycles. The van der Waals surface area contributed by atoms with Crippen LogP contribution in [-0.4, -0.2) is 55.8 Å². The average Bonchev–Trinajstić information content (AvgIpc) is 2.80. The summed E-state index contributed by atoms with van der Waals surface area (Å²) in [7, 11) is -1.71. The molecule has 3 N–H and O–H groups in total. The maximum Gasteiger partial charge on any atom is 0.314 e. The zero-order valence-electron chi connectivity index (χ0n) is 21.1. The molecule has 0 spiro atoms. The minimum Gasteiger partial charge on any atom is -0.341 e. The standard InChI is InChI=1S/C24H50IN3O3S2/c1-3-4-5-6-7-8-9-10-11-12-13-14-15-16-19-32-22-23(28-24(29)26-2)21-27-33(30,31)20-17-18-25/h23,27H,3-22H2,1-2H3,(H2,26,28,29). The molecule has 0 aliphatic heterocycles. The molecule has 33 heavy (non-hydrogen) atoms. The van der Waals surface area contributed by atoms with Crippen molar-refractivity contribution in [3.05, 3.63) is 0 Å². The number of urea groups is 1. The summed E-state index contributed by atoms with van der Waals surface area (Å²) in [5.74, 6) is 1.89. The minimum absolute atomic E-state index is 0.134. The fourth-order valence-corrected chi connectivity index (χ4v) is 6.66. The van der Waals surface area contributed by atoms with E-state index in [0.29, 0.717) is 12.2 Å². The lowest BCUT2D eigenvalue weighted by atomic mass is 10.0. The van der Waals surface area contributed by atoms with Gasteiger partial charge in [-0.25, -0.2) is 17.9 Å². The molecule has 0 heterocycles. The topological polar surface area (TPSA) is 87.3 Å². The third-order valence-electron chi connectivity index (χ3n) is 5.62. The van der Waals surface area contributed by atoms with Crippen molar-refractivity contribution in [2.45, 2.75) is 109 Å². The van der Waals surface area contributed by atoms with Gasteiger partial charge in [-0.15, -0.1) is 0 Å². The van der Waals surface area contributed by atoms with Crippen molar-refractivity contribution in [1.29, 1.82) is 0 Å². The van der Waals surface area contributed by atoms with E-state index in [1.165, 1.54) is 89.9 Å². The van der Waals surface area contributed by atoms with Gasteiger partial charge in [0.25, 0.3) is 0 Å². The number of hydrogen-bond acceptors (Lipinski definition) is 4. The second-order valence-electron chi connectivity index (χ2n) is 8.80. The smallest absolute Gasteiger partial charge is 0.314 e. The second kappa shape index (κ2) is 24.0. The van der Waals surface area contributed by atoms with Gasteiger partial charge in [0, 0.05) is 23.8 Å². The molecule has 6 nitrogen and oxygen atoms in total. The van der Waals surface area contributed by atoms with Gasteiger partial charge < -0.3 is 10.6 Å². The predicted molar refractivity (Wildman–Crippen MR) is 154 cm³/mol. The highest BCUT2D eigenvalue weighted by atomic mass is 127. The Morgan fingerprint density at radius 2 is 1.36 bits per heavy atom. The van der Waals surface area contributed by atoms with Gasteiger partial charge in [-0.1, -0.05) is 113 Å². The van der Waals surface area contributed by atoms with Gasteiger partial charge in [0.05, 0.1) is 11.8 Å². The van der Waals surface area contributed by atoms with Gasteiger partial charge in [-0.3, -0.25) is 0 Å². The number of carbonyl (C=O) groups is 1. The molecule has 0 aromatic carbocycles. The summed E-state index contributed by atoms with van der Waals surface area (Å²) in [5, 5.41) is 5.39. The van der Waals surface area contributed by atoms with Crippen LogP contribution in [0.15, 0.2) is 0 Å². The zero-order valence-corrected chi connectivity index (χ0v) is 24.9. The van der Waals surface area contributed by atoms with Crippen molar-refractivity contribution in [2.24, 2.45) is 0 Å². The molecule has 0 aliphatic rings. The summed E-state index contributed by atoms with van der Waals surface area (Å²) in [5.41, 5.74) is 0. The molecular weight excluding hydrogens is 569 g/mol. The highest BCUT2D eigenvalue weighted by Gasteiger charge is 2.16. The van der Waals surface area contributed by atoms with E-state index < -0.39 is 10.0 Å². The fraction of sp³-hybridized carbons (Fsp3) is 0.958. The molecule has 198 valence electrons. The number of halogens is 1. The molecule has 0 aromatic rings. The van der Waals surface area contributed by atoms with Gasteiger partial charge in [0.1, 0.15) is 0 Å². The van der Waals surface area contributed by atoms with Crippen LogP contribution in [0, 0.1) is 0 Å². The summed E-state index contributed by atoms with van der Waals surface area (Å²) in [6, 6.07) is -0.487. The number of rotatable bonds is 24. The number of hydrogen-bond donors (Lipinski definition) is 3. The molecule has 0 rings (SSSR count). The Balaban J connectivity index is 3.74. The summed E-state index contributed by atoms with van der Waals surface area (Å²) < 4.78 is 27.5. The van der Waals surface area contributed by atoms with E-state index in [-0.39, 0.29) is 24.4 Å². The number of thioether (sulfide) groups is 1. The van der Waals surface area contributed by atoms with Crippen LogP contribution in [-0.2, 0) is 10.0 Å². The average molecular weight is 620 g/mol. The van der Waals surface area contributed by atoms with Crippen LogP contribution < -0.4 is 15.4 Å². The zero-order chi connectivity index (χ0) is 24.6. The molecule has 1 atom stereocenters. The van der Waals surface area contributed by atoms with E-state index in [2.05, 4.69) is 44.9 Å². The highest BCUT2D eigenvalue weighted by molar-refractivity contribution is 14.1. The molecule has 0 fully saturated rings. The molecule has 0 bridgehead atoms. The summed E-state index contributed by atoms with van der Waals surface area (Å²) >= 11 is 3.96. The second-order valence-corrected chi connectivity index (χ2v) is 13.0. The van der Waals surface area contributed by atoms with Crippen LogP contribution in [0.3, 0.4) is 0 Å². The Hall–Kier alpha value is 0.260.